The molecule has 2 aromatic heterocycles. The van der Waals surface area contributed by atoms with Gasteiger partial charge in [0.1, 0.15) is 5.82 Å². The molecule has 0 saturated carbocycles. The van der Waals surface area contributed by atoms with E-state index in [-0.39, 0.29) is 0 Å². The molecule has 4 rings (SSSR count). The zero-order valence-corrected chi connectivity index (χ0v) is 11.4. The molecule has 0 amide bonds. The molecule has 0 radical (unpaired) electrons. The Morgan fingerprint density at radius 3 is 2.65 bits per heavy atom. The van der Waals surface area contributed by atoms with Gasteiger partial charge in [-0.1, -0.05) is 30.3 Å². The van der Waals surface area contributed by atoms with Gasteiger partial charge in [-0.3, -0.25) is 4.98 Å². The first-order chi connectivity index (χ1) is 9.84. The number of hydrogen-bond donors (Lipinski definition) is 0. The van der Waals surface area contributed by atoms with Gasteiger partial charge in [-0.15, -0.1) is 0 Å². The molecule has 3 heterocycles. The molecule has 0 bridgehead atoms. The summed E-state index contributed by atoms with van der Waals surface area (Å²) >= 11 is 0. The number of aromatic nitrogens is 3. The Bertz CT molecular complexity index is 772. The number of hydrogen-bond acceptors (Lipinski definition) is 2. The highest BCUT2D eigenvalue weighted by atomic mass is 15.1. The Morgan fingerprint density at radius 2 is 1.80 bits per heavy atom. The van der Waals surface area contributed by atoms with Gasteiger partial charge in [0.25, 0.3) is 0 Å². The topological polar surface area (TPSA) is 30.7 Å². The minimum Gasteiger partial charge on any atom is -0.328 e. The van der Waals surface area contributed by atoms with E-state index in [1.165, 1.54) is 27.9 Å². The monoisotopic (exact) mass is 261 g/mol. The minimum atomic E-state index is 0.998. The van der Waals surface area contributed by atoms with Crippen LogP contribution in [-0.4, -0.2) is 14.5 Å². The standard InChI is InChI=1S/C17H15N3/c1-12-9-19-17-16-11-18-10-15(13-5-3-2-4-6-13)14(16)7-8-20(12)17/h2-6,9-11H,7-8H2,1H3. The summed E-state index contributed by atoms with van der Waals surface area (Å²) in [5.41, 5.74) is 6.22. The molecular formula is C17H15N3. The maximum Gasteiger partial charge on any atom is 0.141 e. The van der Waals surface area contributed by atoms with Crippen molar-refractivity contribution in [2.75, 3.05) is 0 Å². The predicted octanol–water partition coefficient (Wildman–Crippen LogP) is 3.48. The first-order valence-corrected chi connectivity index (χ1v) is 6.89. The predicted molar refractivity (Wildman–Crippen MR) is 79.3 cm³/mol. The number of benzene rings is 1. The normalized spacial score (nSPS) is 12.8. The van der Waals surface area contributed by atoms with E-state index in [9.17, 15) is 0 Å². The minimum absolute atomic E-state index is 0.998. The molecule has 1 aliphatic rings. The fraction of sp³-hybridized carbons (Fsp3) is 0.176. The lowest BCUT2D eigenvalue weighted by Gasteiger charge is -2.21. The van der Waals surface area contributed by atoms with Crippen LogP contribution in [0.2, 0.25) is 0 Å². The number of pyridine rings is 1. The van der Waals surface area contributed by atoms with E-state index in [0.717, 1.165) is 18.8 Å². The summed E-state index contributed by atoms with van der Waals surface area (Å²) in [4.78, 5) is 8.98. The van der Waals surface area contributed by atoms with Crippen molar-refractivity contribution in [3.63, 3.8) is 0 Å². The van der Waals surface area contributed by atoms with Crippen molar-refractivity contribution in [1.82, 2.24) is 14.5 Å². The lowest BCUT2D eigenvalue weighted by Crippen LogP contribution is -2.13. The highest BCUT2D eigenvalue weighted by Crippen LogP contribution is 2.34. The van der Waals surface area contributed by atoms with Crippen LogP contribution in [0.4, 0.5) is 0 Å². The average Bonchev–Trinajstić information content (AvgIpc) is 2.89. The molecule has 3 heteroatoms. The van der Waals surface area contributed by atoms with Gasteiger partial charge in [0.05, 0.1) is 0 Å². The van der Waals surface area contributed by atoms with Gasteiger partial charge in [-0.05, 0) is 24.5 Å². The highest BCUT2D eigenvalue weighted by Gasteiger charge is 2.21. The van der Waals surface area contributed by atoms with Gasteiger partial charge in [0.15, 0.2) is 0 Å². The van der Waals surface area contributed by atoms with Crippen LogP contribution in [-0.2, 0) is 13.0 Å². The average molecular weight is 261 g/mol. The largest absolute Gasteiger partial charge is 0.328 e. The van der Waals surface area contributed by atoms with Crippen molar-refractivity contribution in [3.8, 4) is 22.5 Å². The zero-order valence-electron chi connectivity index (χ0n) is 11.4. The molecule has 0 aliphatic carbocycles. The van der Waals surface area contributed by atoms with Crippen molar-refractivity contribution >= 4 is 0 Å². The fourth-order valence-corrected chi connectivity index (χ4v) is 3.00. The third kappa shape index (κ3) is 1.59. The number of imidazole rings is 1. The first-order valence-electron chi connectivity index (χ1n) is 6.89. The molecule has 3 nitrogen and oxygen atoms in total. The van der Waals surface area contributed by atoms with Crippen LogP contribution in [0.5, 0.6) is 0 Å². The zero-order chi connectivity index (χ0) is 13.5. The molecule has 98 valence electrons. The van der Waals surface area contributed by atoms with Gasteiger partial charge in [0.2, 0.25) is 0 Å². The summed E-state index contributed by atoms with van der Waals surface area (Å²) in [6, 6.07) is 10.5. The Labute approximate surface area is 117 Å². The number of fused-ring (bicyclic) bond motifs is 3. The summed E-state index contributed by atoms with van der Waals surface area (Å²) in [5, 5.41) is 0. The molecule has 0 saturated heterocycles. The maximum absolute atomic E-state index is 4.56. The quantitative estimate of drug-likeness (QED) is 0.671. The molecule has 0 N–H and O–H groups in total. The van der Waals surface area contributed by atoms with E-state index in [1.54, 1.807) is 0 Å². The van der Waals surface area contributed by atoms with Crippen molar-refractivity contribution in [1.29, 1.82) is 0 Å². The van der Waals surface area contributed by atoms with Crippen LogP contribution >= 0.6 is 0 Å². The lowest BCUT2D eigenvalue weighted by atomic mass is 9.93. The lowest BCUT2D eigenvalue weighted by molar-refractivity contribution is 0.666. The molecule has 1 aromatic carbocycles. The molecular weight excluding hydrogens is 246 g/mol. The maximum atomic E-state index is 4.56. The summed E-state index contributed by atoms with van der Waals surface area (Å²) in [5.74, 6) is 1.05. The van der Waals surface area contributed by atoms with Crippen molar-refractivity contribution in [3.05, 3.63) is 60.2 Å². The first kappa shape index (κ1) is 11.4. The van der Waals surface area contributed by atoms with Crippen LogP contribution in [0.1, 0.15) is 11.3 Å². The summed E-state index contributed by atoms with van der Waals surface area (Å²) in [6.07, 6.45) is 6.89. The Kier molecular flexibility index (Phi) is 2.46. The van der Waals surface area contributed by atoms with E-state index >= 15 is 0 Å². The molecule has 1 aliphatic heterocycles. The second-order valence-corrected chi connectivity index (χ2v) is 5.20. The van der Waals surface area contributed by atoms with Crippen molar-refractivity contribution in [2.24, 2.45) is 0 Å². The van der Waals surface area contributed by atoms with Crippen LogP contribution in [0.3, 0.4) is 0 Å². The highest BCUT2D eigenvalue weighted by molar-refractivity contribution is 5.76. The third-order valence-corrected chi connectivity index (χ3v) is 4.02. The van der Waals surface area contributed by atoms with Crippen molar-refractivity contribution < 1.29 is 0 Å². The molecule has 0 spiro atoms. The summed E-state index contributed by atoms with van der Waals surface area (Å²) < 4.78 is 2.28. The Balaban J connectivity index is 1.95. The Hall–Kier alpha value is -2.42. The van der Waals surface area contributed by atoms with Gasteiger partial charge in [0, 0.05) is 42.0 Å². The Morgan fingerprint density at radius 1 is 1.00 bits per heavy atom. The second-order valence-electron chi connectivity index (χ2n) is 5.20. The van der Waals surface area contributed by atoms with E-state index in [2.05, 4.69) is 45.7 Å². The second kappa shape index (κ2) is 4.30. The van der Waals surface area contributed by atoms with E-state index in [1.807, 2.05) is 24.7 Å². The van der Waals surface area contributed by atoms with E-state index in [0.29, 0.717) is 0 Å². The smallest absolute Gasteiger partial charge is 0.141 e. The van der Waals surface area contributed by atoms with Gasteiger partial charge < -0.3 is 4.57 Å². The number of nitrogens with zero attached hydrogens (tertiary/aromatic N) is 3. The SMILES string of the molecule is Cc1cnc2n1CCc1c(-c3ccccc3)cncc1-2. The summed E-state index contributed by atoms with van der Waals surface area (Å²) in [6.45, 7) is 3.11. The molecule has 0 fully saturated rings. The molecule has 3 aromatic rings. The van der Waals surface area contributed by atoms with E-state index < -0.39 is 0 Å². The molecule has 20 heavy (non-hydrogen) atoms. The van der Waals surface area contributed by atoms with Crippen molar-refractivity contribution in [2.45, 2.75) is 19.9 Å². The molecule has 0 unspecified atom stereocenters. The van der Waals surface area contributed by atoms with Crippen LogP contribution in [0, 0.1) is 6.92 Å². The number of rotatable bonds is 1. The van der Waals surface area contributed by atoms with E-state index in [4.69, 9.17) is 0 Å². The van der Waals surface area contributed by atoms with Gasteiger partial charge >= 0.3 is 0 Å². The summed E-state index contributed by atoms with van der Waals surface area (Å²) in [7, 11) is 0. The van der Waals surface area contributed by atoms with Crippen LogP contribution < -0.4 is 0 Å². The van der Waals surface area contributed by atoms with Crippen LogP contribution in [0.25, 0.3) is 22.5 Å². The number of aryl methyl sites for hydroxylation is 1. The van der Waals surface area contributed by atoms with Gasteiger partial charge in [-0.25, -0.2) is 4.98 Å². The van der Waals surface area contributed by atoms with Crippen LogP contribution in [0.15, 0.2) is 48.9 Å². The third-order valence-electron chi connectivity index (χ3n) is 4.02. The molecule has 0 atom stereocenters. The van der Waals surface area contributed by atoms with Gasteiger partial charge in [-0.2, -0.15) is 0 Å². The fourth-order valence-electron chi connectivity index (χ4n) is 3.00.